The van der Waals surface area contributed by atoms with Crippen LogP contribution in [-0.4, -0.2) is 4.92 Å². The summed E-state index contributed by atoms with van der Waals surface area (Å²) in [6, 6.07) is 26.9. The summed E-state index contributed by atoms with van der Waals surface area (Å²) in [7, 11) is 0. The van der Waals surface area contributed by atoms with Gasteiger partial charge in [-0.15, -0.1) is 0 Å². The van der Waals surface area contributed by atoms with E-state index in [0.29, 0.717) is 5.56 Å². The first-order valence-corrected chi connectivity index (χ1v) is 9.54. The first-order valence-electron chi connectivity index (χ1n) is 8.79. The lowest BCUT2D eigenvalue weighted by Crippen LogP contribution is -1.95. The highest BCUT2D eigenvalue weighted by Gasteiger charge is 2.21. The van der Waals surface area contributed by atoms with Gasteiger partial charge in [0, 0.05) is 16.5 Å². The third-order valence-electron chi connectivity index (χ3n) is 4.50. The van der Waals surface area contributed by atoms with Crippen LogP contribution >= 0.6 is 12.0 Å². The molecular weight excluding hydrogens is 370 g/mol. The Hall–Kier alpha value is -3.31. The highest BCUT2D eigenvalue weighted by Crippen LogP contribution is 2.41. The molecule has 0 aliphatic heterocycles. The van der Waals surface area contributed by atoms with Crippen LogP contribution in [-0.2, 0) is 0 Å². The van der Waals surface area contributed by atoms with Crippen LogP contribution in [0.1, 0.15) is 5.56 Å². The Labute approximate surface area is 167 Å². The average molecular weight is 387 g/mol. The smallest absolute Gasteiger partial charge is 0.313 e. The maximum atomic E-state index is 11.6. The van der Waals surface area contributed by atoms with Crippen molar-refractivity contribution in [3.8, 4) is 16.9 Å². The van der Waals surface area contributed by atoms with Crippen molar-refractivity contribution < 1.29 is 9.11 Å². The molecule has 0 amide bonds. The molecule has 0 fully saturated rings. The van der Waals surface area contributed by atoms with Gasteiger partial charge in [0.15, 0.2) is 0 Å². The zero-order valence-corrected chi connectivity index (χ0v) is 16.0. The molecule has 0 atom stereocenters. The fraction of sp³-hybridized carbons (Fsp3) is 0.0435. The summed E-state index contributed by atoms with van der Waals surface area (Å²) < 4.78 is 5.92. The van der Waals surface area contributed by atoms with E-state index in [1.54, 1.807) is 6.07 Å². The second-order valence-electron chi connectivity index (χ2n) is 6.45. The molecule has 0 saturated heterocycles. The van der Waals surface area contributed by atoms with E-state index in [1.165, 1.54) is 6.07 Å². The molecule has 0 radical (unpaired) electrons. The molecule has 4 aromatic carbocycles. The van der Waals surface area contributed by atoms with Crippen LogP contribution in [0.5, 0.6) is 5.75 Å². The average Bonchev–Trinajstić information content (AvgIpc) is 2.72. The molecule has 0 heterocycles. The Kier molecular flexibility index (Phi) is 5.00. The third kappa shape index (κ3) is 3.70. The van der Waals surface area contributed by atoms with Crippen molar-refractivity contribution >= 4 is 28.5 Å². The monoisotopic (exact) mass is 387 g/mol. The highest BCUT2D eigenvalue weighted by atomic mass is 32.2. The minimum atomic E-state index is -0.409. The molecule has 28 heavy (non-hydrogen) atoms. The standard InChI is InChI=1S/C23H17NO3S/c1-16-9-11-18(12-10-16)21-7-4-8-22(24(25)26)23(21)27-28-20-14-13-17-5-2-3-6-19(17)15-20/h2-15H,1H3. The molecule has 0 N–H and O–H groups in total. The van der Waals surface area contributed by atoms with Gasteiger partial charge in [-0.25, -0.2) is 0 Å². The number of benzene rings is 4. The summed E-state index contributed by atoms with van der Waals surface area (Å²) in [6.45, 7) is 2.00. The number of aryl methyl sites for hydroxylation is 1. The van der Waals surface area contributed by atoms with E-state index in [4.69, 9.17) is 4.18 Å². The van der Waals surface area contributed by atoms with Crippen LogP contribution in [0, 0.1) is 17.0 Å². The molecule has 5 heteroatoms. The van der Waals surface area contributed by atoms with Crippen LogP contribution < -0.4 is 4.18 Å². The molecule has 0 aliphatic rings. The number of nitro benzene ring substituents is 1. The molecule has 4 nitrogen and oxygen atoms in total. The van der Waals surface area contributed by atoms with Crippen molar-refractivity contribution in [2.45, 2.75) is 11.8 Å². The fourth-order valence-corrected chi connectivity index (χ4v) is 3.68. The second kappa shape index (κ2) is 7.74. The lowest BCUT2D eigenvalue weighted by atomic mass is 10.0. The number of hydrogen-bond donors (Lipinski definition) is 0. The van der Waals surface area contributed by atoms with Crippen LogP contribution in [0.3, 0.4) is 0 Å². The first-order chi connectivity index (χ1) is 13.6. The van der Waals surface area contributed by atoms with E-state index in [2.05, 4.69) is 0 Å². The summed E-state index contributed by atoms with van der Waals surface area (Å²) in [4.78, 5) is 12.0. The zero-order chi connectivity index (χ0) is 19.5. The van der Waals surface area contributed by atoms with Gasteiger partial charge in [0.2, 0.25) is 5.75 Å². The first kappa shape index (κ1) is 18.1. The molecule has 0 aromatic heterocycles. The van der Waals surface area contributed by atoms with Crippen molar-refractivity contribution in [3.63, 3.8) is 0 Å². The van der Waals surface area contributed by atoms with Gasteiger partial charge < -0.3 is 4.18 Å². The Morgan fingerprint density at radius 2 is 1.61 bits per heavy atom. The van der Waals surface area contributed by atoms with E-state index < -0.39 is 4.92 Å². The van der Waals surface area contributed by atoms with Gasteiger partial charge in [0.1, 0.15) is 0 Å². The molecular formula is C23H17NO3S. The Balaban J connectivity index is 1.70. The normalized spacial score (nSPS) is 10.8. The van der Waals surface area contributed by atoms with E-state index >= 15 is 0 Å². The van der Waals surface area contributed by atoms with Gasteiger partial charge in [-0.1, -0.05) is 72.3 Å². The zero-order valence-electron chi connectivity index (χ0n) is 15.2. The summed E-state index contributed by atoms with van der Waals surface area (Å²) in [5, 5.41) is 13.8. The molecule has 0 unspecified atom stereocenters. The molecule has 0 bridgehead atoms. The quantitative estimate of drug-likeness (QED) is 0.214. The number of fused-ring (bicyclic) bond motifs is 1. The van der Waals surface area contributed by atoms with Crippen molar-refractivity contribution in [3.05, 3.63) is 101 Å². The van der Waals surface area contributed by atoms with Gasteiger partial charge in [-0.3, -0.25) is 10.1 Å². The minimum absolute atomic E-state index is 0.0497. The third-order valence-corrected chi connectivity index (χ3v) is 5.19. The molecule has 0 spiro atoms. The molecule has 0 aliphatic carbocycles. The molecule has 138 valence electrons. The predicted octanol–water partition coefficient (Wildman–Crippen LogP) is 6.81. The number of rotatable bonds is 5. The van der Waals surface area contributed by atoms with Gasteiger partial charge in [-0.05, 0) is 35.4 Å². The molecule has 4 rings (SSSR count). The van der Waals surface area contributed by atoms with Gasteiger partial charge in [-0.2, -0.15) is 0 Å². The van der Waals surface area contributed by atoms with Crippen molar-refractivity contribution in [2.24, 2.45) is 0 Å². The van der Waals surface area contributed by atoms with Crippen LogP contribution in [0.25, 0.3) is 21.9 Å². The molecule has 4 aromatic rings. The molecule has 0 saturated carbocycles. The van der Waals surface area contributed by atoms with Crippen LogP contribution in [0.15, 0.2) is 89.8 Å². The number of nitrogens with zero attached hydrogens (tertiary/aromatic N) is 1. The number of nitro groups is 1. The Morgan fingerprint density at radius 3 is 2.36 bits per heavy atom. The summed E-state index contributed by atoms with van der Waals surface area (Å²) >= 11 is 1.13. The van der Waals surface area contributed by atoms with Gasteiger partial charge >= 0.3 is 5.69 Å². The Morgan fingerprint density at radius 1 is 0.857 bits per heavy atom. The predicted molar refractivity (Wildman–Crippen MR) is 114 cm³/mol. The maximum Gasteiger partial charge on any atom is 0.313 e. The summed E-state index contributed by atoms with van der Waals surface area (Å²) in [6.07, 6.45) is 0. The van der Waals surface area contributed by atoms with Crippen LogP contribution in [0.4, 0.5) is 5.69 Å². The highest BCUT2D eigenvalue weighted by molar-refractivity contribution is 7.95. The minimum Gasteiger partial charge on any atom is -0.413 e. The van der Waals surface area contributed by atoms with E-state index in [9.17, 15) is 10.1 Å². The van der Waals surface area contributed by atoms with Gasteiger partial charge in [0.05, 0.1) is 17.0 Å². The number of hydrogen-bond acceptors (Lipinski definition) is 4. The topological polar surface area (TPSA) is 52.4 Å². The maximum absolute atomic E-state index is 11.6. The van der Waals surface area contributed by atoms with Crippen LogP contribution in [0.2, 0.25) is 0 Å². The summed E-state index contributed by atoms with van der Waals surface area (Å²) in [5.41, 5.74) is 2.65. The summed E-state index contributed by atoms with van der Waals surface area (Å²) in [5.74, 6) is 0.259. The van der Waals surface area contributed by atoms with E-state index in [0.717, 1.165) is 38.8 Å². The second-order valence-corrected chi connectivity index (χ2v) is 7.26. The van der Waals surface area contributed by atoms with Crippen molar-refractivity contribution in [2.75, 3.05) is 0 Å². The Bertz CT molecular complexity index is 1160. The number of para-hydroxylation sites is 1. The lowest BCUT2D eigenvalue weighted by Gasteiger charge is -2.11. The SMILES string of the molecule is Cc1ccc(-c2cccc([N+](=O)[O-])c2OSc2ccc3ccccc3c2)cc1. The largest absolute Gasteiger partial charge is 0.413 e. The van der Waals surface area contributed by atoms with Crippen molar-refractivity contribution in [1.29, 1.82) is 0 Å². The fourth-order valence-electron chi connectivity index (χ4n) is 3.03. The van der Waals surface area contributed by atoms with Crippen molar-refractivity contribution in [1.82, 2.24) is 0 Å². The van der Waals surface area contributed by atoms with E-state index in [1.807, 2.05) is 79.7 Å². The van der Waals surface area contributed by atoms with E-state index in [-0.39, 0.29) is 11.4 Å². The lowest BCUT2D eigenvalue weighted by molar-refractivity contribution is -0.385. The van der Waals surface area contributed by atoms with Gasteiger partial charge in [0.25, 0.3) is 0 Å².